The van der Waals surface area contributed by atoms with Crippen molar-refractivity contribution in [1.29, 1.82) is 0 Å². The topological polar surface area (TPSA) is 59.8 Å². The Balaban J connectivity index is 1.96. The summed E-state index contributed by atoms with van der Waals surface area (Å²) >= 11 is 0. The van der Waals surface area contributed by atoms with Crippen molar-refractivity contribution < 1.29 is 4.79 Å². The zero-order chi connectivity index (χ0) is 18.7. The average Bonchev–Trinajstić information content (AvgIpc) is 3.05. The summed E-state index contributed by atoms with van der Waals surface area (Å²) < 4.78 is 1.86. The molecule has 0 fully saturated rings. The molecule has 1 atom stereocenters. The summed E-state index contributed by atoms with van der Waals surface area (Å²) in [5, 5.41) is 8.43. The van der Waals surface area contributed by atoms with Gasteiger partial charge in [-0.2, -0.15) is 5.10 Å². The fourth-order valence-electron chi connectivity index (χ4n) is 3.24. The van der Waals surface area contributed by atoms with Gasteiger partial charge in [-0.15, -0.1) is 0 Å². The van der Waals surface area contributed by atoms with Crippen LogP contribution in [0, 0.1) is 6.92 Å². The minimum absolute atomic E-state index is 0.00244. The number of fused-ring (bicyclic) bond motifs is 1. The lowest BCUT2D eigenvalue weighted by Crippen LogP contribution is -2.28. The predicted molar refractivity (Wildman–Crippen MR) is 104 cm³/mol. The van der Waals surface area contributed by atoms with Crippen LogP contribution in [0.2, 0.25) is 0 Å². The van der Waals surface area contributed by atoms with E-state index in [1.807, 2.05) is 35.9 Å². The van der Waals surface area contributed by atoms with Crippen LogP contribution in [-0.2, 0) is 0 Å². The number of pyridine rings is 1. The lowest BCUT2D eigenvalue weighted by Gasteiger charge is -2.19. The predicted octanol–water partition coefficient (Wildman–Crippen LogP) is 4.59. The Hall–Kier alpha value is -2.69. The van der Waals surface area contributed by atoms with Crippen molar-refractivity contribution in [3.05, 3.63) is 59.4 Å². The quantitative estimate of drug-likeness (QED) is 0.707. The lowest BCUT2D eigenvalue weighted by atomic mass is 10.0. The number of carbonyl (C=O) groups excluding carboxylic acids is 1. The average molecular weight is 350 g/mol. The minimum Gasteiger partial charge on any atom is -0.345 e. The van der Waals surface area contributed by atoms with Crippen LogP contribution in [0.4, 0.5) is 0 Å². The van der Waals surface area contributed by atoms with Gasteiger partial charge in [-0.25, -0.2) is 9.67 Å². The largest absolute Gasteiger partial charge is 0.345 e. The molecular formula is C21H26N4O. The fraction of sp³-hybridized carbons (Fsp3) is 0.381. The van der Waals surface area contributed by atoms with Gasteiger partial charge in [-0.3, -0.25) is 4.79 Å². The van der Waals surface area contributed by atoms with E-state index >= 15 is 0 Å². The Morgan fingerprint density at radius 3 is 2.62 bits per heavy atom. The third kappa shape index (κ3) is 3.62. The normalized spacial score (nSPS) is 12.5. The van der Waals surface area contributed by atoms with Gasteiger partial charge in [0.05, 0.1) is 23.2 Å². The molecule has 0 unspecified atom stereocenters. The first-order chi connectivity index (χ1) is 12.5. The highest BCUT2D eigenvalue weighted by atomic mass is 16.1. The third-order valence-electron chi connectivity index (χ3n) is 4.51. The molecule has 0 bridgehead atoms. The van der Waals surface area contributed by atoms with Crippen molar-refractivity contribution in [2.45, 2.75) is 52.6 Å². The van der Waals surface area contributed by atoms with E-state index < -0.39 is 0 Å². The molecule has 0 saturated carbocycles. The van der Waals surface area contributed by atoms with Crippen LogP contribution in [0.3, 0.4) is 0 Å². The summed E-state index contributed by atoms with van der Waals surface area (Å²) in [5.41, 5.74) is 3.34. The summed E-state index contributed by atoms with van der Waals surface area (Å²) in [7, 11) is 0. The molecule has 26 heavy (non-hydrogen) atoms. The zero-order valence-corrected chi connectivity index (χ0v) is 15.9. The molecule has 0 radical (unpaired) electrons. The first-order valence-electron chi connectivity index (χ1n) is 9.22. The van der Waals surface area contributed by atoms with Crippen molar-refractivity contribution in [2.24, 2.45) is 0 Å². The number of rotatable bonds is 6. The molecule has 0 saturated heterocycles. The molecule has 2 heterocycles. The highest BCUT2D eigenvalue weighted by Crippen LogP contribution is 2.23. The smallest absolute Gasteiger partial charge is 0.252 e. The number of amides is 1. The summed E-state index contributed by atoms with van der Waals surface area (Å²) in [5.74, 6) is -0.0777. The first-order valence-corrected chi connectivity index (χ1v) is 9.22. The van der Waals surface area contributed by atoms with E-state index in [0.717, 1.165) is 35.1 Å². The van der Waals surface area contributed by atoms with Gasteiger partial charge < -0.3 is 5.32 Å². The lowest BCUT2D eigenvalue weighted by molar-refractivity contribution is 0.0936. The second-order valence-electron chi connectivity index (χ2n) is 6.96. The molecule has 2 aromatic heterocycles. The molecule has 5 nitrogen and oxygen atoms in total. The number of hydrogen-bond donors (Lipinski definition) is 1. The van der Waals surface area contributed by atoms with Crippen molar-refractivity contribution in [2.75, 3.05) is 0 Å². The van der Waals surface area contributed by atoms with Gasteiger partial charge >= 0.3 is 0 Å². The maximum Gasteiger partial charge on any atom is 0.252 e. The number of aryl methyl sites for hydroxylation is 1. The Morgan fingerprint density at radius 1 is 1.23 bits per heavy atom. The van der Waals surface area contributed by atoms with E-state index in [1.54, 1.807) is 6.20 Å². The SMILES string of the molecule is CCC[C@H](NC(=O)c1cc(C)nc2c1cnn2C(C)C)c1ccccc1. The zero-order valence-electron chi connectivity index (χ0n) is 15.9. The van der Waals surface area contributed by atoms with E-state index in [-0.39, 0.29) is 18.0 Å². The van der Waals surface area contributed by atoms with Gasteiger partial charge in [-0.1, -0.05) is 43.7 Å². The number of carbonyl (C=O) groups is 1. The molecule has 3 aromatic rings. The number of nitrogens with zero attached hydrogens (tertiary/aromatic N) is 3. The summed E-state index contributed by atoms with van der Waals surface area (Å²) in [6.45, 7) is 8.16. The third-order valence-corrected chi connectivity index (χ3v) is 4.51. The van der Waals surface area contributed by atoms with Crippen LogP contribution < -0.4 is 5.32 Å². The Morgan fingerprint density at radius 2 is 1.96 bits per heavy atom. The highest BCUT2D eigenvalue weighted by Gasteiger charge is 2.20. The maximum atomic E-state index is 13.1. The standard InChI is InChI=1S/C21H26N4O/c1-5-9-19(16-10-7-6-8-11-16)24-21(26)17-12-15(4)23-20-18(17)13-22-25(20)14(2)3/h6-8,10-14,19H,5,9H2,1-4H3,(H,24,26)/t19-/m0/s1. The minimum atomic E-state index is -0.0777. The van der Waals surface area contributed by atoms with E-state index in [2.05, 4.69) is 48.3 Å². The fourth-order valence-corrected chi connectivity index (χ4v) is 3.24. The second kappa shape index (κ2) is 7.68. The van der Waals surface area contributed by atoms with Crippen LogP contribution in [0.25, 0.3) is 11.0 Å². The molecule has 0 aliphatic rings. The van der Waals surface area contributed by atoms with Crippen LogP contribution in [-0.4, -0.2) is 20.7 Å². The maximum absolute atomic E-state index is 13.1. The Bertz CT molecular complexity index is 899. The van der Waals surface area contributed by atoms with Crippen molar-refractivity contribution >= 4 is 16.9 Å². The van der Waals surface area contributed by atoms with Crippen molar-refractivity contribution in [3.8, 4) is 0 Å². The molecule has 3 rings (SSSR count). The van der Waals surface area contributed by atoms with E-state index in [9.17, 15) is 4.79 Å². The number of hydrogen-bond acceptors (Lipinski definition) is 3. The Labute approximate surface area is 154 Å². The summed E-state index contributed by atoms with van der Waals surface area (Å²) in [6, 6.07) is 12.2. The van der Waals surface area contributed by atoms with Gasteiger partial charge in [0.2, 0.25) is 0 Å². The molecule has 1 N–H and O–H groups in total. The first kappa shape index (κ1) is 18.1. The molecule has 0 aliphatic heterocycles. The van der Waals surface area contributed by atoms with Gasteiger partial charge in [0.15, 0.2) is 5.65 Å². The highest BCUT2D eigenvalue weighted by molar-refractivity contribution is 6.05. The Kier molecular flexibility index (Phi) is 5.35. The van der Waals surface area contributed by atoms with Crippen LogP contribution >= 0.6 is 0 Å². The van der Waals surface area contributed by atoms with Gasteiger partial charge in [-0.05, 0) is 38.8 Å². The van der Waals surface area contributed by atoms with Crippen LogP contribution in [0.1, 0.15) is 67.3 Å². The molecule has 136 valence electrons. The number of nitrogens with one attached hydrogen (secondary N) is 1. The van der Waals surface area contributed by atoms with E-state index in [0.29, 0.717) is 5.56 Å². The van der Waals surface area contributed by atoms with Gasteiger partial charge in [0.25, 0.3) is 5.91 Å². The molecule has 0 spiro atoms. The molecular weight excluding hydrogens is 324 g/mol. The molecule has 1 aromatic carbocycles. The summed E-state index contributed by atoms with van der Waals surface area (Å²) in [6.07, 6.45) is 3.64. The molecule has 5 heteroatoms. The number of aromatic nitrogens is 3. The van der Waals surface area contributed by atoms with Crippen molar-refractivity contribution in [1.82, 2.24) is 20.1 Å². The van der Waals surface area contributed by atoms with E-state index in [4.69, 9.17) is 0 Å². The van der Waals surface area contributed by atoms with Crippen LogP contribution in [0.5, 0.6) is 0 Å². The van der Waals surface area contributed by atoms with Crippen molar-refractivity contribution in [3.63, 3.8) is 0 Å². The summed E-state index contributed by atoms with van der Waals surface area (Å²) in [4.78, 5) is 17.7. The monoisotopic (exact) mass is 350 g/mol. The molecule has 0 aliphatic carbocycles. The molecule has 1 amide bonds. The van der Waals surface area contributed by atoms with Gasteiger partial charge in [0, 0.05) is 11.7 Å². The van der Waals surface area contributed by atoms with Gasteiger partial charge in [0.1, 0.15) is 0 Å². The number of benzene rings is 1. The van der Waals surface area contributed by atoms with Crippen LogP contribution in [0.15, 0.2) is 42.6 Å². The second-order valence-corrected chi connectivity index (χ2v) is 6.96. The van der Waals surface area contributed by atoms with E-state index in [1.165, 1.54) is 0 Å².